The molecule has 1 aliphatic heterocycles. The topological polar surface area (TPSA) is 46.5 Å². The summed E-state index contributed by atoms with van der Waals surface area (Å²) in [5.74, 6) is -0.950. The van der Waals surface area contributed by atoms with Crippen molar-refractivity contribution in [1.82, 2.24) is 0 Å². The standard InChI is InChI=1S/C11H10O3/c12-10(13)11(7-4-8-14-11)9-5-2-1-3-6-9/h1-6,8H,7H2,(H,12,13). The van der Waals surface area contributed by atoms with Gasteiger partial charge in [0.05, 0.1) is 6.26 Å². The highest BCUT2D eigenvalue weighted by Gasteiger charge is 2.43. The maximum Gasteiger partial charge on any atom is 0.353 e. The Morgan fingerprint density at radius 3 is 2.57 bits per heavy atom. The first-order valence-electron chi connectivity index (χ1n) is 4.37. The molecule has 3 heteroatoms. The quantitative estimate of drug-likeness (QED) is 0.774. The van der Waals surface area contributed by atoms with E-state index in [1.807, 2.05) is 18.2 Å². The van der Waals surface area contributed by atoms with Gasteiger partial charge in [0.1, 0.15) is 0 Å². The van der Waals surface area contributed by atoms with Crippen molar-refractivity contribution in [3.8, 4) is 0 Å². The molecule has 2 rings (SSSR count). The molecule has 0 radical (unpaired) electrons. The van der Waals surface area contributed by atoms with E-state index in [9.17, 15) is 4.79 Å². The van der Waals surface area contributed by atoms with Crippen molar-refractivity contribution in [1.29, 1.82) is 0 Å². The van der Waals surface area contributed by atoms with Crippen LogP contribution in [0.15, 0.2) is 42.7 Å². The summed E-state index contributed by atoms with van der Waals surface area (Å²) < 4.78 is 5.21. The average Bonchev–Trinajstić information content (AvgIpc) is 2.69. The van der Waals surface area contributed by atoms with Crippen LogP contribution in [0.1, 0.15) is 12.0 Å². The normalized spacial score (nSPS) is 24.6. The zero-order chi connectivity index (χ0) is 10.0. The number of hydrogen-bond acceptors (Lipinski definition) is 2. The second kappa shape index (κ2) is 3.18. The maximum absolute atomic E-state index is 11.2. The van der Waals surface area contributed by atoms with Crippen molar-refractivity contribution in [2.75, 3.05) is 0 Å². The van der Waals surface area contributed by atoms with E-state index in [1.54, 1.807) is 18.2 Å². The highest BCUT2D eigenvalue weighted by atomic mass is 16.5. The first kappa shape index (κ1) is 8.81. The third-order valence-electron chi connectivity index (χ3n) is 2.36. The smallest absolute Gasteiger partial charge is 0.353 e. The van der Waals surface area contributed by atoms with Crippen LogP contribution in [0, 0.1) is 0 Å². The molecule has 0 saturated carbocycles. The molecular weight excluding hydrogens is 180 g/mol. The van der Waals surface area contributed by atoms with Crippen LogP contribution in [0.3, 0.4) is 0 Å². The molecule has 1 atom stereocenters. The molecule has 0 fully saturated rings. The fraction of sp³-hybridized carbons (Fsp3) is 0.182. The van der Waals surface area contributed by atoms with Crippen molar-refractivity contribution in [3.05, 3.63) is 48.2 Å². The van der Waals surface area contributed by atoms with Gasteiger partial charge >= 0.3 is 5.97 Å². The van der Waals surface area contributed by atoms with Crippen LogP contribution >= 0.6 is 0 Å². The van der Waals surface area contributed by atoms with Crippen molar-refractivity contribution in [2.24, 2.45) is 0 Å². The van der Waals surface area contributed by atoms with Gasteiger partial charge in [-0.05, 0) is 6.08 Å². The molecule has 1 N–H and O–H groups in total. The summed E-state index contributed by atoms with van der Waals surface area (Å²) in [6.45, 7) is 0. The van der Waals surface area contributed by atoms with E-state index in [0.717, 1.165) is 0 Å². The van der Waals surface area contributed by atoms with E-state index < -0.39 is 11.6 Å². The van der Waals surface area contributed by atoms with Crippen LogP contribution in [0.25, 0.3) is 0 Å². The van der Waals surface area contributed by atoms with Crippen LogP contribution in [-0.2, 0) is 15.1 Å². The molecule has 3 nitrogen and oxygen atoms in total. The van der Waals surface area contributed by atoms with Crippen LogP contribution < -0.4 is 0 Å². The number of carboxylic acids is 1. The Bertz CT molecular complexity index is 359. The molecule has 1 aromatic carbocycles. The fourth-order valence-electron chi connectivity index (χ4n) is 1.58. The number of ether oxygens (including phenoxy) is 1. The third-order valence-corrected chi connectivity index (χ3v) is 2.36. The molecule has 0 aromatic heterocycles. The molecule has 0 amide bonds. The lowest BCUT2D eigenvalue weighted by Gasteiger charge is -2.23. The molecule has 14 heavy (non-hydrogen) atoms. The van der Waals surface area contributed by atoms with Crippen molar-refractivity contribution in [3.63, 3.8) is 0 Å². The molecule has 1 unspecified atom stereocenters. The minimum atomic E-state index is -1.21. The molecule has 0 spiro atoms. The fourth-order valence-corrected chi connectivity index (χ4v) is 1.58. The predicted molar refractivity (Wildman–Crippen MR) is 50.6 cm³/mol. The van der Waals surface area contributed by atoms with E-state index in [4.69, 9.17) is 9.84 Å². The van der Waals surface area contributed by atoms with Gasteiger partial charge in [-0.2, -0.15) is 0 Å². The van der Waals surface area contributed by atoms with Crippen LogP contribution in [0.5, 0.6) is 0 Å². The van der Waals surface area contributed by atoms with Crippen LogP contribution in [0.2, 0.25) is 0 Å². The lowest BCUT2D eigenvalue weighted by Crippen LogP contribution is -2.34. The van der Waals surface area contributed by atoms with Gasteiger partial charge in [-0.25, -0.2) is 4.79 Å². The van der Waals surface area contributed by atoms with E-state index in [1.165, 1.54) is 6.26 Å². The Kier molecular flexibility index (Phi) is 2.00. The summed E-state index contributed by atoms with van der Waals surface area (Å²) in [5.41, 5.74) is -0.529. The largest absolute Gasteiger partial charge is 0.478 e. The number of carbonyl (C=O) groups is 1. The molecule has 0 saturated heterocycles. The molecule has 72 valence electrons. The molecule has 0 aliphatic carbocycles. The van der Waals surface area contributed by atoms with Crippen LogP contribution in [-0.4, -0.2) is 11.1 Å². The van der Waals surface area contributed by atoms with Crippen LogP contribution in [0.4, 0.5) is 0 Å². The number of rotatable bonds is 2. The van der Waals surface area contributed by atoms with Gasteiger partial charge in [0, 0.05) is 12.0 Å². The van der Waals surface area contributed by atoms with E-state index in [-0.39, 0.29) is 0 Å². The summed E-state index contributed by atoms with van der Waals surface area (Å²) in [6.07, 6.45) is 3.55. The van der Waals surface area contributed by atoms with E-state index in [0.29, 0.717) is 12.0 Å². The Balaban J connectivity index is 2.43. The molecule has 1 heterocycles. The maximum atomic E-state index is 11.2. The zero-order valence-corrected chi connectivity index (χ0v) is 7.51. The van der Waals surface area contributed by atoms with Gasteiger partial charge in [0.2, 0.25) is 5.60 Å². The van der Waals surface area contributed by atoms with Gasteiger partial charge in [-0.15, -0.1) is 0 Å². The highest BCUT2D eigenvalue weighted by Crippen LogP contribution is 2.34. The second-order valence-electron chi connectivity index (χ2n) is 3.19. The zero-order valence-electron chi connectivity index (χ0n) is 7.51. The third kappa shape index (κ3) is 1.18. The summed E-state index contributed by atoms with van der Waals surface area (Å²) in [4.78, 5) is 11.2. The second-order valence-corrected chi connectivity index (χ2v) is 3.19. The number of carboxylic acid groups (broad SMARTS) is 1. The summed E-state index contributed by atoms with van der Waals surface area (Å²) in [5, 5.41) is 9.15. The molecule has 0 bridgehead atoms. The minimum Gasteiger partial charge on any atom is -0.478 e. The first-order chi connectivity index (χ1) is 6.76. The van der Waals surface area contributed by atoms with E-state index in [2.05, 4.69) is 0 Å². The van der Waals surface area contributed by atoms with Crippen molar-refractivity contribution >= 4 is 5.97 Å². The summed E-state index contributed by atoms with van der Waals surface area (Å²) >= 11 is 0. The Morgan fingerprint density at radius 1 is 1.36 bits per heavy atom. The number of aliphatic carboxylic acids is 1. The Morgan fingerprint density at radius 2 is 2.07 bits per heavy atom. The van der Waals surface area contributed by atoms with Gasteiger partial charge < -0.3 is 9.84 Å². The van der Waals surface area contributed by atoms with Gasteiger partial charge in [-0.3, -0.25) is 0 Å². The van der Waals surface area contributed by atoms with Crippen molar-refractivity contribution in [2.45, 2.75) is 12.0 Å². The monoisotopic (exact) mass is 190 g/mol. The number of benzene rings is 1. The van der Waals surface area contributed by atoms with Gasteiger partial charge in [0.25, 0.3) is 0 Å². The minimum absolute atomic E-state index is 0.381. The SMILES string of the molecule is O=C(O)C1(c2ccccc2)CC=CO1. The Hall–Kier alpha value is -1.77. The Labute approximate surface area is 81.6 Å². The first-order valence-corrected chi connectivity index (χ1v) is 4.37. The summed E-state index contributed by atoms with van der Waals surface area (Å²) in [7, 11) is 0. The summed E-state index contributed by atoms with van der Waals surface area (Å²) in [6, 6.07) is 8.99. The molecule has 1 aliphatic rings. The lowest BCUT2D eigenvalue weighted by molar-refractivity contribution is -0.158. The molecular formula is C11H10O3. The van der Waals surface area contributed by atoms with E-state index >= 15 is 0 Å². The molecule has 1 aromatic rings. The van der Waals surface area contributed by atoms with Gasteiger partial charge in [0.15, 0.2) is 0 Å². The lowest BCUT2D eigenvalue weighted by atomic mass is 9.91. The van der Waals surface area contributed by atoms with Gasteiger partial charge in [-0.1, -0.05) is 30.3 Å². The number of hydrogen-bond donors (Lipinski definition) is 1. The predicted octanol–water partition coefficient (Wildman–Crippen LogP) is 1.90. The van der Waals surface area contributed by atoms with Crippen molar-refractivity contribution < 1.29 is 14.6 Å². The average molecular weight is 190 g/mol. The highest BCUT2D eigenvalue weighted by molar-refractivity contribution is 5.80.